The van der Waals surface area contributed by atoms with E-state index in [-0.39, 0.29) is 24.6 Å². The van der Waals surface area contributed by atoms with Crippen molar-refractivity contribution < 1.29 is 9.53 Å². The van der Waals surface area contributed by atoms with Crippen LogP contribution in [0.1, 0.15) is 34.7 Å². The largest absolute Gasteiger partial charge is 0.484 e. The van der Waals surface area contributed by atoms with Crippen LogP contribution in [0, 0.1) is 13.8 Å². The summed E-state index contributed by atoms with van der Waals surface area (Å²) in [5, 5.41) is 7.74. The van der Waals surface area contributed by atoms with Crippen molar-refractivity contribution in [3.63, 3.8) is 0 Å². The van der Waals surface area contributed by atoms with Gasteiger partial charge in [0.2, 0.25) is 0 Å². The Morgan fingerprint density at radius 1 is 0.953 bits per heavy atom. The molecule has 2 atom stereocenters. The van der Waals surface area contributed by atoms with Gasteiger partial charge < -0.3 is 24.8 Å². The lowest BCUT2D eigenvalue weighted by atomic mass is 9.96. The Morgan fingerprint density at radius 3 is 2.35 bits per heavy atom. The molecule has 0 aliphatic carbocycles. The van der Waals surface area contributed by atoms with Crippen molar-refractivity contribution >= 4 is 46.2 Å². The van der Waals surface area contributed by atoms with Gasteiger partial charge in [-0.25, -0.2) is 0 Å². The molecular formula is C34H30ClN5O2S. The molecule has 0 saturated carbocycles. The fourth-order valence-electron chi connectivity index (χ4n) is 5.59. The van der Waals surface area contributed by atoms with Crippen molar-refractivity contribution in [2.24, 2.45) is 0 Å². The summed E-state index contributed by atoms with van der Waals surface area (Å²) in [7, 11) is 0. The number of ether oxygens (including phenoxy) is 1. The Hall–Kier alpha value is -4.66. The third kappa shape index (κ3) is 5.98. The molecule has 43 heavy (non-hydrogen) atoms. The third-order valence-electron chi connectivity index (χ3n) is 7.51. The second-order valence-corrected chi connectivity index (χ2v) is 11.2. The number of aryl methyl sites for hydroxylation is 1. The minimum absolute atomic E-state index is 0.0804. The normalized spacial score (nSPS) is 16.2. The Morgan fingerprint density at radius 2 is 1.65 bits per heavy atom. The monoisotopic (exact) mass is 607 g/mol. The van der Waals surface area contributed by atoms with Crippen molar-refractivity contribution in [2.75, 3.05) is 16.8 Å². The zero-order valence-electron chi connectivity index (χ0n) is 23.7. The van der Waals surface area contributed by atoms with Gasteiger partial charge in [0, 0.05) is 39.7 Å². The number of anilines is 2. The van der Waals surface area contributed by atoms with Crippen molar-refractivity contribution in [1.82, 2.24) is 14.9 Å². The van der Waals surface area contributed by atoms with Gasteiger partial charge in [0.25, 0.3) is 5.91 Å². The number of hydrogen-bond acceptors (Lipinski definition) is 4. The second-order valence-electron chi connectivity index (χ2n) is 10.3. The Balaban J connectivity index is 1.30. The molecule has 216 valence electrons. The Kier molecular flexibility index (Phi) is 8.13. The summed E-state index contributed by atoms with van der Waals surface area (Å²) >= 11 is 12.1. The van der Waals surface area contributed by atoms with Gasteiger partial charge in [0.15, 0.2) is 11.7 Å². The SMILES string of the molecule is Cc1cc(C2C(c3ccccn3)NC(=S)N2c2ccc(NC(=O)COc3ccccc3)cc2)c(C)n1-c1ccc(Cl)cc1. The molecular weight excluding hydrogens is 578 g/mol. The molecule has 3 aromatic carbocycles. The van der Waals surface area contributed by atoms with E-state index in [2.05, 4.69) is 45.0 Å². The number of hydrogen-bond donors (Lipinski definition) is 2. The molecule has 1 saturated heterocycles. The van der Waals surface area contributed by atoms with Crippen molar-refractivity contribution in [3.05, 3.63) is 137 Å². The number of nitrogens with one attached hydrogen (secondary N) is 2. The highest BCUT2D eigenvalue weighted by atomic mass is 35.5. The molecule has 0 radical (unpaired) electrons. The first kappa shape index (κ1) is 28.5. The van der Waals surface area contributed by atoms with E-state index in [1.165, 1.54) is 0 Å². The first-order valence-electron chi connectivity index (χ1n) is 13.9. The Bertz CT molecular complexity index is 1740. The predicted molar refractivity (Wildman–Crippen MR) is 175 cm³/mol. The van der Waals surface area contributed by atoms with E-state index in [4.69, 9.17) is 28.6 Å². The molecule has 3 heterocycles. The number of para-hydroxylation sites is 1. The van der Waals surface area contributed by atoms with Gasteiger partial charge in [-0.3, -0.25) is 9.78 Å². The summed E-state index contributed by atoms with van der Waals surface area (Å²) in [6.45, 7) is 4.15. The smallest absolute Gasteiger partial charge is 0.262 e. The molecule has 1 fully saturated rings. The number of thiocarbonyl (C=S) groups is 1. The number of aromatic nitrogens is 2. The zero-order chi connectivity index (χ0) is 29.9. The maximum atomic E-state index is 12.5. The van der Waals surface area contributed by atoms with Gasteiger partial charge in [-0.05, 0) is 110 Å². The lowest BCUT2D eigenvalue weighted by molar-refractivity contribution is -0.118. The minimum Gasteiger partial charge on any atom is -0.484 e. The van der Waals surface area contributed by atoms with Crippen molar-refractivity contribution in [1.29, 1.82) is 0 Å². The van der Waals surface area contributed by atoms with E-state index in [1.807, 2.05) is 97.1 Å². The van der Waals surface area contributed by atoms with Gasteiger partial charge in [0.1, 0.15) is 5.75 Å². The number of pyridine rings is 1. The predicted octanol–water partition coefficient (Wildman–Crippen LogP) is 7.34. The molecule has 1 aliphatic heterocycles. The third-order valence-corrected chi connectivity index (χ3v) is 8.08. The van der Waals surface area contributed by atoms with Crippen LogP contribution in [0.25, 0.3) is 5.69 Å². The highest BCUT2D eigenvalue weighted by Crippen LogP contribution is 2.44. The van der Waals surface area contributed by atoms with Crippen LogP contribution >= 0.6 is 23.8 Å². The molecule has 0 bridgehead atoms. The number of halogens is 1. The molecule has 5 aromatic rings. The fraction of sp³-hybridized carbons (Fsp3) is 0.147. The van der Waals surface area contributed by atoms with Gasteiger partial charge in [0.05, 0.1) is 17.8 Å². The number of rotatable bonds is 8. The Labute approximate surface area is 261 Å². The molecule has 2 N–H and O–H groups in total. The standard InChI is InChI=1S/C34H30ClN5O2S/c1-22-20-29(23(2)39(22)26-15-11-24(35)12-16-26)33-32(30-10-6-7-19-36-30)38-34(43)40(33)27-17-13-25(14-18-27)37-31(41)21-42-28-8-4-3-5-9-28/h3-20,32-33H,21H2,1-2H3,(H,37,41)(H,38,43). The quantitative estimate of drug-likeness (QED) is 0.180. The summed E-state index contributed by atoms with van der Waals surface area (Å²) in [6.07, 6.45) is 1.80. The lowest BCUT2D eigenvalue weighted by Crippen LogP contribution is -2.29. The van der Waals surface area contributed by atoms with E-state index in [9.17, 15) is 4.79 Å². The van der Waals surface area contributed by atoms with E-state index in [0.717, 1.165) is 34.0 Å². The first-order chi connectivity index (χ1) is 20.9. The molecule has 6 rings (SSSR count). The average molecular weight is 608 g/mol. The van der Waals surface area contributed by atoms with Gasteiger partial charge >= 0.3 is 0 Å². The van der Waals surface area contributed by atoms with Crippen LogP contribution in [0.5, 0.6) is 5.75 Å². The zero-order valence-corrected chi connectivity index (χ0v) is 25.3. The maximum absolute atomic E-state index is 12.5. The maximum Gasteiger partial charge on any atom is 0.262 e. The number of carbonyl (C=O) groups excluding carboxylic acids is 1. The van der Waals surface area contributed by atoms with E-state index in [1.54, 1.807) is 6.20 Å². The van der Waals surface area contributed by atoms with Crippen LogP contribution < -0.4 is 20.3 Å². The van der Waals surface area contributed by atoms with Crippen molar-refractivity contribution in [2.45, 2.75) is 25.9 Å². The summed E-state index contributed by atoms with van der Waals surface area (Å²) in [5.41, 5.74) is 6.84. The van der Waals surface area contributed by atoms with Gasteiger partial charge in [-0.1, -0.05) is 35.9 Å². The molecule has 2 unspecified atom stereocenters. The van der Waals surface area contributed by atoms with Crippen molar-refractivity contribution in [3.8, 4) is 11.4 Å². The minimum atomic E-state index is -0.238. The topological polar surface area (TPSA) is 71.4 Å². The lowest BCUT2D eigenvalue weighted by Gasteiger charge is -2.28. The van der Waals surface area contributed by atoms with Crippen LogP contribution in [0.2, 0.25) is 5.02 Å². The van der Waals surface area contributed by atoms with Gasteiger partial charge in [-0.15, -0.1) is 0 Å². The van der Waals surface area contributed by atoms with E-state index in [0.29, 0.717) is 21.6 Å². The summed E-state index contributed by atoms with van der Waals surface area (Å²) in [4.78, 5) is 19.3. The number of benzene rings is 3. The highest BCUT2D eigenvalue weighted by Gasteiger charge is 2.42. The fourth-order valence-corrected chi connectivity index (χ4v) is 6.06. The molecule has 1 amide bonds. The van der Waals surface area contributed by atoms with Crippen LogP contribution in [0.4, 0.5) is 11.4 Å². The second kappa shape index (κ2) is 12.3. The average Bonchev–Trinajstić information content (AvgIpc) is 3.52. The van der Waals surface area contributed by atoms with Gasteiger partial charge in [-0.2, -0.15) is 0 Å². The molecule has 2 aromatic heterocycles. The van der Waals surface area contributed by atoms with Crippen LogP contribution in [-0.2, 0) is 4.79 Å². The molecule has 1 aliphatic rings. The molecule has 7 nitrogen and oxygen atoms in total. The van der Waals surface area contributed by atoms with E-state index >= 15 is 0 Å². The van der Waals surface area contributed by atoms with Crippen LogP contribution in [0.3, 0.4) is 0 Å². The number of nitrogens with zero attached hydrogens (tertiary/aromatic N) is 3. The number of amides is 1. The molecule has 0 spiro atoms. The first-order valence-corrected chi connectivity index (χ1v) is 14.7. The van der Waals surface area contributed by atoms with Crippen LogP contribution in [-0.4, -0.2) is 27.2 Å². The highest BCUT2D eigenvalue weighted by molar-refractivity contribution is 7.80. The number of carbonyl (C=O) groups is 1. The van der Waals surface area contributed by atoms with E-state index < -0.39 is 0 Å². The molecule has 9 heteroatoms. The van der Waals surface area contributed by atoms with Crippen LogP contribution in [0.15, 0.2) is 109 Å². The summed E-state index contributed by atoms with van der Waals surface area (Å²) in [6, 6.07) is 32.6. The summed E-state index contributed by atoms with van der Waals surface area (Å²) in [5.74, 6) is 0.407. The summed E-state index contributed by atoms with van der Waals surface area (Å²) < 4.78 is 7.81.